The molecule has 1 amide bonds. The molecule has 0 spiro atoms. The summed E-state index contributed by atoms with van der Waals surface area (Å²) >= 11 is 5.80. The van der Waals surface area contributed by atoms with Crippen LogP contribution in [0.2, 0.25) is 5.15 Å². The summed E-state index contributed by atoms with van der Waals surface area (Å²) in [6.07, 6.45) is 2.07. The largest absolute Gasteiger partial charge is 0.384 e. The first kappa shape index (κ1) is 15.3. The van der Waals surface area contributed by atoms with Crippen molar-refractivity contribution in [3.05, 3.63) is 59.4 Å². The first-order valence-electron chi connectivity index (χ1n) is 6.78. The molecule has 2 rings (SSSR count). The Kier molecular flexibility index (Phi) is 5.58. The van der Waals surface area contributed by atoms with Crippen LogP contribution in [0.5, 0.6) is 0 Å². The SMILES string of the molecule is CN(Cc1ccccc1)C(=O)CCNc1ccnc(Cl)c1. The highest BCUT2D eigenvalue weighted by Gasteiger charge is 2.08. The molecular weight excluding hydrogens is 286 g/mol. The number of rotatable bonds is 6. The first-order chi connectivity index (χ1) is 10.1. The maximum absolute atomic E-state index is 12.1. The minimum absolute atomic E-state index is 0.103. The van der Waals surface area contributed by atoms with E-state index in [4.69, 9.17) is 11.6 Å². The van der Waals surface area contributed by atoms with Gasteiger partial charge in [0.1, 0.15) is 5.15 Å². The molecular formula is C16H18ClN3O. The Balaban J connectivity index is 1.76. The summed E-state index contributed by atoms with van der Waals surface area (Å²) in [6, 6.07) is 13.5. The van der Waals surface area contributed by atoms with Crippen molar-refractivity contribution in [2.75, 3.05) is 18.9 Å². The van der Waals surface area contributed by atoms with Crippen LogP contribution in [0.4, 0.5) is 5.69 Å². The van der Waals surface area contributed by atoms with Gasteiger partial charge in [-0.1, -0.05) is 41.9 Å². The zero-order chi connectivity index (χ0) is 15.1. The minimum atomic E-state index is 0.103. The molecule has 1 aromatic heterocycles. The summed E-state index contributed by atoms with van der Waals surface area (Å²) in [5.74, 6) is 0.103. The van der Waals surface area contributed by atoms with Gasteiger partial charge in [0.25, 0.3) is 0 Å². The number of halogens is 1. The molecule has 0 aliphatic rings. The summed E-state index contributed by atoms with van der Waals surface area (Å²) in [6.45, 7) is 1.19. The van der Waals surface area contributed by atoms with Gasteiger partial charge in [-0.2, -0.15) is 0 Å². The zero-order valence-electron chi connectivity index (χ0n) is 11.9. The number of benzene rings is 1. The van der Waals surface area contributed by atoms with Crippen LogP contribution in [0.15, 0.2) is 48.7 Å². The van der Waals surface area contributed by atoms with Gasteiger partial charge in [-0.25, -0.2) is 4.98 Å². The number of anilines is 1. The Bertz CT molecular complexity index is 589. The second-order valence-corrected chi connectivity index (χ2v) is 5.17. The number of amides is 1. The zero-order valence-corrected chi connectivity index (χ0v) is 12.7. The van der Waals surface area contributed by atoms with Crippen molar-refractivity contribution < 1.29 is 4.79 Å². The molecule has 1 heterocycles. The topological polar surface area (TPSA) is 45.2 Å². The summed E-state index contributed by atoms with van der Waals surface area (Å²) in [5.41, 5.74) is 2.00. The fourth-order valence-electron chi connectivity index (χ4n) is 1.96. The highest BCUT2D eigenvalue weighted by atomic mass is 35.5. The van der Waals surface area contributed by atoms with Crippen LogP contribution in [0.1, 0.15) is 12.0 Å². The Labute approximate surface area is 129 Å². The van der Waals surface area contributed by atoms with Gasteiger partial charge in [0.15, 0.2) is 0 Å². The van der Waals surface area contributed by atoms with E-state index in [0.29, 0.717) is 24.7 Å². The number of hydrogen-bond acceptors (Lipinski definition) is 3. The second-order valence-electron chi connectivity index (χ2n) is 4.78. The molecule has 0 atom stereocenters. The van der Waals surface area contributed by atoms with Gasteiger partial charge in [-0.05, 0) is 17.7 Å². The monoisotopic (exact) mass is 303 g/mol. The maximum atomic E-state index is 12.1. The molecule has 1 aromatic carbocycles. The van der Waals surface area contributed by atoms with Crippen LogP contribution in [0.3, 0.4) is 0 Å². The lowest BCUT2D eigenvalue weighted by molar-refractivity contribution is -0.130. The normalized spacial score (nSPS) is 10.2. The van der Waals surface area contributed by atoms with Crippen molar-refractivity contribution in [3.8, 4) is 0 Å². The molecule has 110 valence electrons. The maximum Gasteiger partial charge on any atom is 0.224 e. The van der Waals surface area contributed by atoms with Crippen LogP contribution in [0, 0.1) is 0 Å². The van der Waals surface area contributed by atoms with Gasteiger partial charge in [0.05, 0.1) is 0 Å². The lowest BCUT2D eigenvalue weighted by Gasteiger charge is -2.17. The molecule has 0 unspecified atom stereocenters. The van der Waals surface area contributed by atoms with Crippen molar-refractivity contribution in [1.29, 1.82) is 0 Å². The van der Waals surface area contributed by atoms with E-state index in [0.717, 1.165) is 11.3 Å². The van der Waals surface area contributed by atoms with Crippen molar-refractivity contribution in [1.82, 2.24) is 9.88 Å². The van der Waals surface area contributed by atoms with E-state index >= 15 is 0 Å². The lowest BCUT2D eigenvalue weighted by Crippen LogP contribution is -2.27. The standard InChI is InChI=1S/C16H18ClN3O/c1-20(12-13-5-3-2-4-6-13)16(21)8-10-18-14-7-9-19-15(17)11-14/h2-7,9,11H,8,10,12H2,1H3,(H,18,19). The number of hydrogen-bond donors (Lipinski definition) is 1. The van der Waals surface area contributed by atoms with Crippen LogP contribution < -0.4 is 5.32 Å². The van der Waals surface area contributed by atoms with Crippen LogP contribution >= 0.6 is 11.6 Å². The van der Waals surface area contributed by atoms with Gasteiger partial charge in [-0.15, -0.1) is 0 Å². The number of nitrogens with zero attached hydrogens (tertiary/aromatic N) is 2. The number of carbonyl (C=O) groups excluding carboxylic acids is 1. The predicted molar refractivity (Wildman–Crippen MR) is 85.3 cm³/mol. The Morgan fingerprint density at radius 2 is 2.05 bits per heavy atom. The van der Waals surface area contributed by atoms with Crippen molar-refractivity contribution in [3.63, 3.8) is 0 Å². The fraction of sp³-hybridized carbons (Fsp3) is 0.250. The highest BCUT2D eigenvalue weighted by molar-refractivity contribution is 6.29. The minimum Gasteiger partial charge on any atom is -0.384 e. The molecule has 2 aromatic rings. The Hall–Kier alpha value is -2.07. The third-order valence-corrected chi connectivity index (χ3v) is 3.29. The molecule has 0 radical (unpaired) electrons. The summed E-state index contributed by atoms with van der Waals surface area (Å²) < 4.78 is 0. The fourth-order valence-corrected chi connectivity index (χ4v) is 2.14. The summed E-state index contributed by atoms with van der Waals surface area (Å²) in [7, 11) is 1.82. The third-order valence-electron chi connectivity index (χ3n) is 3.08. The molecule has 4 nitrogen and oxygen atoms in total. The quantitative estimate of drug-likeness (QED) is 0.834. The summed E-state index contributed by atoms with van der Waals surface area (Å²) in [4.78, 5) is 17.7. The van der Waals surface area contributed by atoms with E-state index in [1.165, 1.54) is 0 Å². The van der Waals surface area contributed by atoms with Crippen LogP contribution in [0.25, 0.3) is 0 Å². The van der Waals surface area contributed by atoms with Crippen LogP contribution in [-0.2, 0) is 11.3 Å². The first-order valence-corrected chi connectivity index (χ1v) is 7.16. The van der Waals surface area contributed by atoms with Gasteiger partial charge in [-0.3, -0.25) is 4.79 Å². The molecule has 0 saturated heterocycles. The van der Waals surface area contributed by atoms with E-state index in [-0.39, 0.29) is 5.91 Å². The van der Waals surface area contributed by atoms with E-state index in [9.17, 15) is 4.79 Å². The molecule has 1 N–H and O–H groups in total. The van der Waals surface area contributed by atoms with E-state index in [2.05, 4.69) is 10.3 Å². The van der Waals surface area contributed by atoms with Gasteiger partial charge < -0.3 is 10.2 Å². The Morgan fingerprint density at radius 3 is 2.76 bits per heavy atom. The molecule has 0 aliphatic heterocycles. The predicted octanol–water partition coefficient (Wildman–Crippen LogP) is 3.20. The van der Waals surface area contributed by atoms with E-state index in [1.807, 2.05) is 43.4 Å². The van der Waals surface area contributed by atoms with Crippen molar-refractivity contribution >= 4 is 23.2 Å². The van der Waals surface area contributed by atoms with E-state index in [1.54, 1.807) is 17.2 Å². The van der Waals surface area contributed by atoms with Gasteiger partial charge in [0.2, 0.25) is 5.91 Å². The molecule has 0 saturated carbocycles. The second kappa shape index (κ2) is 7.64. The molecule has 0 fully saturated rings. The van der Waals surface area contributed by atoms with Gasteiger partial charge in [0, 0.05) is 38.4 Å². The Morgan fingerprint density at radius 1 is 1.29 bits per heavy atom. The van der Waals surface area contributed by atoms with Gasteiger partial charge >= 0.3 is 0 Å². The number of nitrogens with one attached hydrogen (secondary N) is 1. The smallest absolute Gasteiger partial charge is 0.224 e. The molecule has 0 bridgehead atoms. The van der Waals surface area contributed by atoms with Crippen molar-refractivity contribution in [2.24, 2.45) is 0 Å². The number of aromatic nitrogens is 1. The van der Waals surface area contributed by atoms with Crippen LogP contribution in [-0.4, -0.2) is 29.4 Å². The lowest BCUT2D eigenvalue weighted by atomic mass is 10.2. The molecule has 5 heteroatoms. The molecule has 21 heavy (non-hydrogen) atoms. The molecule has 0 aliphatic carbocycles. The average molecular weight is 304 g/mol. The summed E-state index contributed by atoms with van der Waals surface area (Å²) in [5, 5.41) is 3.60. The van der Waals surface area contributed by atoms with Crippen molar-refractivity contribution in [2.45, 2.75) is 13.0 Å². The number of carbonyl (C=O) groups is 1. The van der Waals surface area contributed by atoms with E-state index < -0.39 is 0 Å². The average Bonchev–Trinajstić information content (AvgIpc) is 2.48. The third kappa shape index (κ3) is 5.08. The number of pyridine rings is 1. The highest BCUT2D eigenvalue weighted by Crippen LogP contribution is 2.12.